The number of para-hydroxylation sites is 1. The van der Waals surface area contributed by atoms with E-state index < -0.39 is 0 Å². The molecule has 3 nitrogen and oxygen atoms in total. The number of Topliss-reactive ketones (excluding diaryl/α,β-unsaturated/α-hetero) is 1. The number of carbonyl (C=O) groups excluding carboxylic acids is 1. The van der Waals surface area contributed by atoms with Gasteiger partial charge in [-0.25, -0.2) is 0 Å². The van der Waals surface area contributed by atoms with E-state index in [9.17, 15) is 4.79 Å². The lowest BCUT2D eigenvalue weighted by Gasteiger charge is -1.99. The van der Waals surface area contributed by atoms with Crippen molar-refractivity contribution in [1.29, 1.82) is 0 Å². The van der Waals surface area contributed by atoms with Crippen LogP contribution in [0.25, 0.3) is 22.2 Å². The largest absolute Gasteiger partial charge is 0.294 e. The molecule has 0 fully saturated rings. The number of hydrogen-bond acceptors (Lipinski definition) is 2. The van der Waals surface area contributed by atoms with Gasteiger partial charge in [0.1, 0.15) is 0 Å². The highest BCUT2D eigenvalue weighted by atomic mass is 16.1. The fraction of sp³-hybridized carbons (Fsp3) is 0.0667. The Morgan fingerprint density at radius 3 is 2.56 bits per heavy atom. The number of H-pyrrole nitrogens is 1. The third-order valence-corrected chi connectivity index (χ3v) is 3.03. The normalized spacial score (nSPS) is 10.7. The molecule has 3 aromatic rings. The lowest BCUT2D eigenvalue weighted by atomic mass is 10.0. The maximum atomic E-state index is 11.6. The van der Waals surface area contributed by atoms with Crippen molar-refractivity contribution in [2.24, 2.45) is 0 Å². The molecule has 0 atom stereocenters. The monoisotopic (exact) mass is 236 g/mol. The Hall–Kier alpha value is -2.42. The summed E-state index contributed by atoms with van der Waals surface area (Å²) in [5, 5.41) is 8.28. The molecular weight excluding hydrogens is 224 g/mol. The first-order valence-corrected chi connectivity index (χ1v) is 5.81. The van der Waals surface area contributed by atoms with Crippen molar-refractivity contribution >= 4 is 16.7 Å². The number of aromatic amines is 1. The van der Waals surface area contributed by atoms with E-state index in [1.165, 1.54) is 0 Å². The zero-order valence-electron chi connectivity index (χ0n) is 9.97. The molecule has 0 amide bonds. The predicted octanol–water partition coefficient (Wildman–Crippen LogP) is 3.43. The van der Waals surface area contributed by atoms with E-state index in [-0.39, 0.29) is 5.78 Å². The zero-order valence-corrected chi connectivity index (χ0v) is 9.97. The van der Waals surface area contributed by atoms with E-state index in [2.05, 4.69) is 10.2 Å². The van der Waals surface area contributed by atoms with Crippen molar-refractivity contribution in [1.82, 2.24) is 10.2 Å². The average Bonchev–Trinajstić information content (AvgIpc) is 2.83. The minimum Gasteiger partial charge on any atom is -0.294 e. The molecule has 3 rings (SSSR count). The van der Waals surface area contributed by atoms with Gasteiger partial charge in [0.05, 0.1) is 11.2 Å². The van der Waals surface area contributed by atoms with Gasteiger partial charge in [-0.05, 0) is 13.0 Å². The molecule has 1 aromatic heterocycles. The summed E-state index contributed by atoms with van der Waals surface area (Å²) in [6.45, 7) is 1.57. The lowest BCUT2D eigenvalue weighted by molar-refractivity contribution is 0.101. The number of nitrogens with zero attached hydrogens (tertiary/aromatic N) is 1. The van der Waals surface area contributed by atoms with Gasteiger partial charge in [0.25, 0.3) is 0 Å². The van der Waals surface area contributed by atoms with Crippen LogP contribution in [0.5, 0.6) is 0 Å². The minimum absolute atomic E-state index is 0.0452. The summed E-state index contributed by atoms with van der Waals surface area (Å²) in [6.07, 6.45) is 0. The third-order valence-electron chi connectivity index (χ3n) is 3.03. The van der Waals surface area contributed by atoms with Crippen molar-refractivity contribution in [2.75, 3.05) is 0 Å². The molecule has 0 saturated carbocycles. The van der Waals surface area contributed by atoms with Gasteiger partial charge in [-0.15, -0.1) is 0 Å². The summed E-state index contributed by atoms with van der Waals surface area (Å²) in [5.41, 5.74) is 3.42. The van der Waals surface area contributed by atoms with Crippen molar-refractivity contribution < 1.29 is 4.79 Å². The Kier molecular flexibility index (Phi) is 2.45. The number of aromatic nitrogens is 2. The fourth-order valence-corrected chi connectivity index (χ4v) is 2.15. The van der Waals surface area contributed by atoms with E-state index in [1.807, 2.05) is 48.5 Å². The molecule has 0 spiro atoms. The van der Waals surface area contributed by atoms with Crippen LogP contribution in [0.4, 0.5) is 0 Å². The Labute approximate surface area is 104 Å². The van der Waals surface area contributed by atoms with E-state index in [0.717, 1.165) is 22.2 Å². The Bertz CT molecular complexity index is 714. The van der Waals surface area contributed by atoms with E-state index >= 15 is 0 Å². The molecule has 0 aliphatic heterocycles. The molecular formula is C15H12N2O. The molecule has 0 aliphatic carbocycles. The molecule has 0 aliphatic rings. The second-order valence-electron chi connectivity index (χ2n) is 4.22. The summed E-state index contributed by atoms with van der Waals surface area (Å²) in [6, 6.07) is 15.6. The number of ketones is 1. The highest BCUT2D eigenvalue weighted by Gasteiger charge is 2.12. The Balaban J connectivity index is 2.28. The molecule has 3 heteroatoms. The summed E-state index contributed by atoms with van der Waals surface area (Å²) in [4.78, 5) is 11.6. The van der Waals surface area contributed by atoms with Crippen LogP contribution in [0.1, 0.15) is 17.3 Å². The van der Waals surface area contributed by atoms with Crippen LogP contribution in [0.3, 0.4) is 0 Å². The van der Waals surface area contributed by atoms with Crippen molar-refractivity contribution in [3.05, 3.63) is 54.1 Å². The fourth-order valence-electron chi connectivity index (χ4n) is 2.15. The lowest BCUT2D eigenvalue weighted by Crippen LogP contribution is -1.92. The highest BCUT2D eigenvalue weighted by molar-refractivity contribution is 6.08. The van der Waals surface area contributed by atoms with Gasteiger partial charge in [-0.1, -0.05) is 42.5 Å². The summed E-state index contributed by atoms with van der Waals surface area (Å²) in [5.74, 6) is 0.0452. The second kappa shape index (κ2) is 4.11. The second-order valence-corrected chi connectivity index (χ2v) is 4.22. The van der Waals surface area contributed by atoms with Gasteiger partial charge in [0.15, 0.2) is 5.78 Å². The summed E-state index contributed by atoms with van der Waals surface area (Å²) < 4.78 is 0. The van der Waals surface area contributed by atoms with Gasteiger partial charge in [-0.3, -0.25) is 9.89 Å². The first-order valence-electron chi connectivity index (χ1n) is 5.81. The van der Waals surface area contributed by atoms with Crippen molar-refractivity contribution in [2.45, 2.75) is 6.92 Å². The Morgan fingerprint density at radius 1 is 1.06 bits per heavy atom. The molecule has 1 N–H and O–H groups in total. The topological polar surface area (TPSA) is 45.8 Å². The van der Waals surface area contributed by atoms with E-state index in [1.54, 1.807) is 6.92 Å². The smallest absolute Gasteiger partial charge is 0.161 e. The van der Waals surface area contributed by atoms with E-state index in [4.69, 9.17) is 0 Å². The zero-order chi connectivity index (χ0) is 12.5. The number of hydrogen-bond donors (Lipinski definition) is 1. The molecule has 18 heavy (non-hydrogen) atoms. The maximum Gasteiger partial charge on any atom is 0.161 e. The Morgan fingerprint density at radius 2 is 1.83 bits per heavy atom. The SMILES string of the molecule is CC(=O)c1cccc2c(-c3ccccc3)n[nH]c12. The molecule has 2 aromatic carbocycles. The van der Waals surface area contributed by atoms with Crippen LogP contribution in [0.15, 0.2) is 48.5 Å². The van der Waals surface area contributed by atoms with Crippen LogP contribution < -0.4 is 0 Å². The standard InChI is InChI=1S/C15H12N2O/c1-10(18)12-8-5-9-13-14(16-17-15(12)13)11-6-3-2-4-7-11/h2-9H,1H3,(H,16,17). The van der Waals surface area contributed by atoms with Gasteiger partial charge in [0, 0.05) is 16.5 Å². The molecule has 0 bridgehead atoms. The number of benzene rings is 2. The molecule has 88 valence electrons. The van der Waals surface area contributed by atoms with Gasteiger partial charge >= 0.3 is 0 Å². The number of fused-ring (bicyclic) bond motifs is 1. The molecule has 1 heterocycles. The van der Waals surface area contributed by atoms with Crippen molar-refractivity contribution in [3.8, 4) is 11.3 Å². The molecule has 0 saturated heterocycles. The first kappa shape index (κ1) is 10.7. The number of rotatable bonds is 2. The average molecular weight is 236 g/mol. The minimum atomic E-state index is 0.0452. The van der Waals surface area contributed by atoms with Crippen LogP contribution >= 0.6 is 0 Å². The summed E-state index contributed by atoms with van der Waals surface area (Å²) >= 11 is 0. The molecule has 0 radical (unpaired) electrons. The first-order chi connectivity index (χ1) is 8.77. The highest BCUT2D eigenvalue weighted by Crippen LogP contribution is 2.27. The maximum absolute atomic E-state index is 11.6. The van der Waals surface area contributed by atoms with Crippen LogP contribution in [0, 0.1) is 0 Å². The van der Waals surface area contributed by atoms with Crippen LogP contribution in [-0.2, 0) is 0 Å². The van der Waals surface area contributed by atoms with Crippen LogP contribution in [-0.4, -0.2) is 16.0 Å². The van der Waals surface area contributed by atoms with Gasteiger partial charge in [0.2, 0.25) is 0 Å². The quantitative estimate of drug-likeness (QED) is 0.693. The van der Waals surface area contributed by atoms with Crippen molar-refractivity contribution in [3.63, 3.8) is 0 Å². The summed E-state index contributed by atoms with van der Waals surface area (Å²) in [7, 11) is 0. The van der Waals surface area contributed by atoms with E-state index in [0.29, 0.717) is 5.56 Å². The molecule has 0 unspecified atom stereocenters. The van der Waals surface area contributed by atoms with Crippen LogP contribution in [0.2, 0.25) is 0 Å². The number of nitrogens with one attached hydrogen (secondary N) is 1. The predicted molar refractivity (Wildman–Crippen MR) is 71.5 cm³/mol. The van der Waals surface area contributed by atoms with Gasteiger partial charge < -0.3 is 0 Å². The van der Waals surface area contributed by atoms with Gasteiger partial charge in [-0.2, -0.15) is 5.10 Å². The number of carbonyl (C=O) groups is 1. The third kappa shape index (κ3) is 1.61.